The van der Waals surface area contributed by atoms with E-state index in [1.54, 1.807) is 12.1 Å². The van der Waals surface area contributed by atoms with Gasteiger partial charge in [-0.3, -0.25) is 4.79 Å². The summed E-state index contributed by atoms with van der Waals surface area (Å²) in [5, 5.41) is 2.12. The van der Waals surface area contributed by atoms with Crippen molar-refractivity contribution in [3.8, 4) is 5.75 Å². The molecular formula is C11H14BrClF2N2O2. The van der Waals surface area contributed by atoms with Crippen LogP contribution < -0.4 is 15.8 Å². The monoisotopic (exact) mass is 358 g/mol. The molecule has 1 aromatic carbocycles. The molecule has 0 spiro atoms. The summed E-state index contributed by atoms with van der Waals surface area (Å²) in [6.45, 7) is -1.62. The summed E-state index contributed by atoms with van der Waals surface area (Å²) in [4.78, 5) is 11.7. The normalized spacial score (nSPS) is 10.6. The lowest BCUT2D eigenvalue weighted by Crippen LogP contribution is -2.41. The number of hydrogen-bond acceptors (Lipinski definition) is 3. The van der Waals surface area contributed by atoms with Crippen LogP contribution in [0.4, 0.5) is 8.78 Å². The molecule has 0 bridgehead atoms. The minimum atomic E-state index is -3.11. The fourth-order valence-electron chi connectivity index (χ4n) is 1.23. The van der Waals surface area contributed by atoms with Crippen molar-refractivity contribution >= 4 is 34.2 Å². The predicted molar refractivity (Wildman–Crippen MR) is 74.3 cm³/mol. The molecule has 0 saturated carbocycles. The minimum Gasteiger partial charge on any atom is -0.496 e. The second-order valence-electron chi connectivity index (χ2n) is 3.59. The summed E-state index contributed by atoms with van der Waals surface area (Å²) in [7, 11) is 1.40. The van der Waals surface area contributed by atoms with E-state index in [1.165, 1.54) is 13.2 Å². The Labute approximate surface area is 124 Å². The molecule has 4 nitrogen and oxygen atoms in total. The third-order valence-corrected chi connectivity index (χ3v) is 2.71. The Balaban J connectivity index is 0.00000324. The van der Waals surface area contributed by atoms with Gasteiger partial charge in [0.1, 0.15) is 5.75 Å². The van der Waals surface area contributed by atoms with Gasteiger partial charge in [-0.1, -0.05) is 15.9 Å². The molecule has 8 heteroatoms. The van der Waals surface area contributed by atoms with Crippen LogP contribution in [0.5, 0.6) is 5.75 Å². The highest BCUT2D eigenvalue weighted by molar-refractivity contribution is 9.10. The van der Waals surface area contributed by atoms with Crippen molar-refractivity contribution in [3.63, 3.8) is 0 Å². The highest BCUT2D eigenvalue weighted by Gasteiger charge is 2.27. The van der Waals surface area contributed by atoms with Gasteiger partial charge in [-0.15, -0.1) is 12.4 Å². The van der Waals surface area contributed by atoms with E-state index < -0.39 is 24.9 Å². The highest BCUT2D eigenvalue weighted by Crippen LogP contribution is 2.23. The molecule has 0 atom stereocenters. The van der Waals surface area contributed by atoms with Crippen molar-refractivity contribution in [1.82, 2.24) is 5.32 Å². The zero-order chi connectivity index (χ0) is 13.8. The Kier molecular flexibility index (Phi) is 7.25. The van der Waals surface area contributed by atoms with Gasteiger partial charge in [0.2, 0.25) is 0 Å². The maximum atomic E-state index is 12.9. The van der Waals surface area contributed by atoms with Crippen molar-refractivity contribution < 1.29 is 18.3 Å². The lowest BCUT2D eigenvalue weighted by molar-refractivity contribution is 0.0118. The molecule has 0 aromatic heterocycles. The van der Waals surface area contributed by atoms with Crippen molar-refractivity contribution in [2.45, 2.75) is 5.92 Å². The van der Waals surface area contributed by atoms with Crippen molar-refractivity contribution in [2.75, 3.05) is 20.2 Å². The fraction of sp³-hybridized carbons (Fsp3) is 0.364. The molecule has 0 aliphatic carbocycles. The Morgan fingerprint density at radius 1 is 1.53 bits per heavy atom. The van der Waals surface area contributed by atoms with Crippen LogP contribution in [-0.2, 0) is 0 Å². The summed E-state index contributed by atoms with van der Waals surface area (Å²) in [6.07, 6.45) is 0. The van der Waals surface area contributed by atoms with Gasteiger partial charge >= 0.3 is 0 Å². The molecule has 3 N–H and O–H groups in total. The van der Waals surface area contributed by atoms with Gasteiger partial charge in [-0.25, -0.2) is 8.78 Å². The van der Waals surface area contributed by atoms with Crippen LogP contribution in [-0.4, -0.2) is 32.0 Å². The number of halogens is 4. The van der Waals surface area contributed by atoms with E-state index in [9.17, 15) is 13.6 Å². The van der Waals surface area contributed by atoms with E-state index in [4.69, 9.17) is 10.5 Å². The molecule has 0 unspecified atom stereocenters. The number of carbonyl (C=O) groups excluding carboxylic acids is 1. The number of methoxy groups -OCH3 is 1. The molecule has 19 heavy (non-hydrogen) atoms. The van der Waals surface area contributed by atoms with Crippen LogP contribution >= 0.6 is 28.3 Å². The van der Waals surface area contributed by atoms with E-state index in [1.807, 2.05) is 0 Å². The average Bonchev–Trinajstić information content (AvgIpc) is 2.36. The molecule has 0 saturated heterocycles. The van der Waals surface area contributed by atoms with E-state index in [0.29, 0.717) is 5.75 Å². The Morgan fingerprint density at radius 3 is 2.68 bits per heavy atom. The number of carbonyl (C=O) groups is 1. The molecule has 0 heterocycles. The number of ether oxygens (including phenoxy) is 1. The molecule has 0 fully saturated rings. The maximum absolute atomic E-state index is 12.9. The SMILES string of the molecule is COc1cc(Br)ccc1C(=O)NCC(F)(F)CN.Cl. The van der Waals surface area contributed by atoms with Crippen molar-refractivity contribution in [3.05, 3.63) is 28.2 Å². The summed E-state index contributed by atoms with van der Waals surface area (Å²) in [6, 6.07) is 4.69. The number of alkyl halides is 2. The topological polar surface area (TPSA) is 64.3 Å². The number of nitrogens with two attached hydrogens (primary N) is 1. The standard InChI is InChI=1S/C11H13BrF2N2O2.ClH/c1-18-9-4-7(12)2-3-8(9)10(17)16-6-11(13,14)5-15;/h2-4H,5-6,15H2,1H3,(H,16,17);1H. The third kappa shape index (κ3) is 5.30. The van der Waals surface area contributed by atoms with Crippen LogP contribution in [0.3, 0.4) is 0 Å². The molecule has 1 amide bonds. The van der Waals surface area contributed by atoms with Crippen LogP contribution in [0.15, 0.2) is 22.7 Å². The first-order valence-corrected chi connectivity index (χ1v) is 5.88. The molecular weight excluding hydrogens is 345 g/mol. The van der Waals surface area contributed by atoms with Gasteiger partial charge < -0.3 is 15.8 Å². The van der Waals surface area contributed by atoms with Crippen molar-refractivity contribution in [1.29, 1.82) is 0 Å². The van der Waals surface area contributed by atoms with Gasteiger partial charge in [0.15, 0.2) is 0 Å². The number of nitrogens with one attached hydrogen (secondary N) is 1. The van der Waals surface area contributed by atoms with Gasteiger partial charge in [-0.2, -0.15) is 0 Å². The average molecular weight is 360 g/mol. The third-order valence-electron chi connectivity index (χ3n) is 2.21. The molecule has 0 radical (unpaired) electrons. The lowest BCUT2D eigenvalue weighted by Gasteiger charge is -2.15. The van der Waals surface area contributed by atoms with Gasteiger partial charge in [0.25, 0.3) is 11.8 Å². The molecule has 0 aliphatic heterocycles. The van der Waals surface area contributed by atoms with E-state index in [2.05, 4.69) is 21.2 Å². The Bertz CT molecular complexity index is 447. The quantitative estimate of drug-likeness (QED) is 0.847. The lowest BCUT2D eigenvalue weighted by atomic mass is 10.2. The van der Waals surface area contributed by atoms with E-state index in [-0.39, 0.29) is 18.0 Å². The molecule has 0 aliphatic rings. The highest BCUT2D eigenvalue weighted by atomic mass is 79.9. The number of benzene rings is 1. The number of amides is 1. The summed E-state index contributed by atoms with van der Waals surface area (Å²) < 4.78 is 31.5. The Morgan fingerprint density at radius 2 is 2.16 bits per heavy atom. The summed E-state index contributed by atoms with van der Waals surface area (Å²) in [5.74, 6) is -3.44. The summed E-state index contributed by atoms with van der Waals surface area (Å²) in [5.41, 5.74) is 5.06. The first-order valence-electron chi connectivity index (χ1n) is 5.09. The van der Waals surface area contributed by atoms with Gasteiger partial charge in [0.05, 0.1) is 25.8 Å². The smallest absolute Gasteiger partial charge is 0.277 e. The summed E-state index contributed by atoms with van der Waals surface area (Å²) >= 11 is 3.22. The van der Waals surface area contributed by atoms with Crippen LogP contribution in [0.2, 0.25) is 0 Å². The molecule has 1 aromatic rings. The zero-order valence-electron chi connectivity index (χ0n) is 10.1. The zero-order valence-corrected chi connectivity index (χ0v) is 12.5. The second kappa shape index (κ2) is 7.62. The van der Waals surface area contributed by atoms with E-state index in [0.717, 1.165) is 4.47 Å². The predicted octanol–water partition coefficient (Wildman–Crippen LogP) is 2.20. The van der Waals surface area contributed by atoms with Crippen LogP contribution in [0, 0.1) is 0 Å². The first-order chi connectivity index (χ1) is 8.39. The first kappa shape index (κ1) is 18.1. The van der Waals surface area contributed by atoms with Gasteiger partial charge in [-0.05, 0) is 18.2 Å². The maximum Gasteiger partial charge on any atom is 0.277 e. The largest absolute Gasteiger partial charge is 0.496 e. The second-order valence-corrected chi connectivity index (χ2v) is 4.50. The number of rotatable bonds is 5. The van der Waals surface area contributed by atoms with E-state index >= 15 is 0 Å². The van der Waals surface area contributed by atoms with Gasteiger partial charge in [0, 0.05) is 4.47 Å². The minimum absolute atomic E-state index is 0. The Hall–Kier alpha value is -0.920. The fourth-order valence-corrected chi connectivity index (χ4v) is 1.57. The van der Waals surface area contributed by atoms with Crippen LogP contribution in [0.1, 0.15) is 10.4 Å². The number of hydrogen-bond donors (Lipinski definition) is 2. The molecule has 108 valence electrons. The van der Waals surface area contributed by atoms with Crippen molar-refractivity contribution in [2.24, 2.45) is 5.73 Å². The van der Waals surface area contributed by atoms with Crippen LogP contribution in [0.25, 0.3) is 0 Å². The molecule has 1 rings (SSSR count).